The number of hydrogen-bond acceptors (Lipinski definition) is 8. The Bertz CT molecular complexity index is 1560. The third-order valence-corrected chi connectivity index (χ3v) is 7.11. The Hall–Kier alpha value is -4.60. The second-order valence-corrected chi connectivity index (χ2v) is 11.0. The van der Waals surface area contributed by atoms with Crippen molar-refractivity contribution in [3.8, 4) is 17.2 Å². The molecular formula is C31H34N4O6. The molecule has 0 aliphatic carbocycles. The summed E-state index contributed by atoms with van der Waals surface area (Å²) in [6.45, 7) is 5.69. The van der Waals surface area contributed by atoms with E-state index in [1.54, 1.807) is 47.4 Å². The van der Waals surface area contributed by atoms with E-state index >= 15 is 0 Å². The van der Waals surface area contributed by atoms with Crippen LogP contribution in [0.1, 0.15) is 44.1 Å². The summed E-state index contributed by atoms with van der Waals surface area (Å²) in [7, 11) is 3.17. The molecule has 1 fully saturated rings. The van der Waals surface area contributed by atoms with Crippen LogP contribution in [0.3, 0.4) is 0 Å². The Kier molecular flexibility index (Phi) is 7.57. The predicted molar refractivity (Wildman–Crippen MR) is 152 cm³/mol. The van der Waals surface area contributed by atoms with Crippen molar-refractivity contribution in [2.45, 2.75) is 51.2 Å². The van der Waals surface area contributed by atoms with Crippen LogP contribution in [-0.4, -0.2) is 58.2 Å². The van der Waals surface area contributed by atoms with Crippen LogP contribution < -0.4 is 14.2 Å². The molecule has 0 radical (unpaired) electrons. The number of imidazole rings is 1. The molecule has 2 aromatic heterocycles. The van der Waals surface area contributed by atoms with Gasteiger partial charge >= 0.3 is 6.09 Å². The molecule has 3 heterocycles. The van der Waals surface area contributed by atoms with Crippen LogP contribution in [0.15, 0.2) is 60.9 Å². The standard InChI is InChI=1S/C31H34N4O6/c1-30(2,3)41-29(37)35-17-14-31(28(35)36,18-20-12-15-32-16-13-20)21-10-11-24(39-5)27-26(21)33-25(34-27)19-40-23-9-7-6-8-22(23)38-4/h6-13,15-16H,14,17-19H2,1-5H3,(H,33,34). The van der Waals surface area contributed by atoms with E-state index in [9.17, 15) is 9.59 Å². The number of nitrogens with one attached hydrogen (secondary N) is 1. The van der Waals surface area contributed by atoms with Crippen LogP contribution in [0.2, 0.25) is 0 Å². The summed E-state index contributed by atoms with van der Waals surface area (Å²) in [5.74, 6) is 1.98. The average Bonchev–Trinajstić information content (AvgIpc) is 3.53. The molecule has 0 bridgehead atoms. The van der Waals surface area contributed by atoms with Gasteiger partial charge in [-0.1, -0.05) is 18.2 Å². The zero-order chi connectivity index (χ0) is 29.2. The van der Waals surface area contributed by atoms with Gasteiger partial charge in [-0.05, 0) is 75.1 Å². The van der Waals surface area contributed by atoms with Crippen molar-refractivity contribution < 1.29 is 28.5 Å². The van der Waals surface area contributed by atoms with Gasteiger partial charge in [-0.2, -0.15) is 0 Å². The van der Waals surface area contributed by atoms with E-state index in [0.29, 0.717) is 52.5 Å². The molecule has 5 rings (SSSR count). The number of aromatic nitrogens is 3. The van der Waals surface area contributed by atoms with Gasteiger partial charge in [0.1, 0.15) is 29.3 Å². The Balaban J connectivity index is 1.58. The lowest BCUT2D eigenvalue weighted by atomic mass is 9.73. The highest BCUT2D eigenvalue weighted by Gasteiger charge is 2.52. The molecule has 10 heteroatoms. The number of pyridine rings is 1. The number of ether oxygens (including phenoxy) is 4. The molecule has 0 saturated carbocycles. The normalized spacial score (nSPS) is 17.1. The van der Waals surface area contributed by atoms with Crippen LogP contribution >= 0.6 is 0 Å². The van der Waals surface area contributed by atoms with E-state index in [1.807, 2.05) is 48.5 Å². The lowest BCUT2D eigenvalue weighted by Gasteiger charge is -2.29. The van der Waals surface area contributed by atoms with Gasteiger partial charge in [0.2, 0.25) is 5.91 Å². The fourth-order valence-electron chi connectivity index (χ4n) is 5.24. The van der Waals surface area contributed by atoms with E-state index in [0.717, 1.165) is 5.56 Å². The second kappa shape index (κ2) is 11.1. The second-order valence-electron chi connectivity index (χ2n) is 11.0. The number of fused-ring (bicyclic) bond motifs is 1. The topological polar surface area (TPSA) is 116 Å². The van der Waals surface area contributed by atoms with E-state index in [2.05, 4.69) is 9.97 Å². The minimum absolute atomic E-state index is 0.132. The average molecular weight is 559 g/mol. The van der Waals surface area contributed by atoms with Crippen LogP contribution in [-0.2, 0) is 28.0 Å². The summed E-state index contributed by atoms with van der Waals surface area (Å²) in [6.07, 6.45) is 3.49. The molecule has 1 aliphatic rings. The zero-order valence-corrected chi connectivity index (χ0v) is 23.9. The highest BCUT2D eigenvalue weighted by Crippen LogP contribution is 2.44. The van der Waals surface area contributed by atoms with Gasteiger partial charge in [-0.25, -0.2) is 14.7 Å². The molecule has 0 spiro atoms. The SMILES string of the molecule is COc1ccccc1OCc1nc2c(C3(Cc4ccncc4)CCN(C(=O)OC(C)(C)C)C3=O)ccc(OC)c2[nH]1. The number of carbonyl (C=O) groups is 2. The fraction of sp³-hybridized carbons (Fsp3) is 0.355. The number of amides is 2. The molecule has 1 N–H and O–H groups in total. The Morgan fingerprint density at radius 3 is 2.39 bits per heavy atom. The first-order valence-electron chi connectivity index (χ1n) is 13.4. The maximum Gasteiger partial charge on any atom is 0.417 e. The number of rotatable bonds is 8. The van der Waals surface area contributed by atoms with Crippen LogP contribution in [0.5, 0.6) is 17.2 Å². The van der Waals surface area contributed by atoms with E-state index in [1.165, 1.54) is 4.90 Å². The number of likely N-dealkylation sites (tertiary alicyclic amines) is 1. The summed E-state index contributed by atoms with van der Waals surface area (Å²) >= 11 is 0. The third kappa shape index (κ3) is 5.54. The van der Waals surface area contributed by atoms with Crippen molar-refractivity contribution in [3.05, 3.63) is 77.9 Å². The number of benzene rings is 2. The highest BCUT2D eigenvalue weighted by atomic mass is 16.6. The summed E-state index contributed by atoms with van der Waals surface area (Å²) in [5.41, 5.74) is 1.02. The van der Waals surface area contributed by atoms with Gasteiger partial charge in [0.05, 0.1) is 25.2 Å². The minimum Gasteiger partial charge on any atom is -0.494 e. The molecule has 4 aromatic rings. The number of carbonyl (C=O) groups excluding carboxylic acids is 2. The summed E-state index contributed by atoms with van der Waals surface area (Å²) in [6, 6.07) is 14.8. The molecule has 1 unspecified atom stereocenters. The van der Waals surface area contributed by atoms with Gasteiger partial charge < -0.3 is 23.9 Å². The molecular weight excluding hydrogens is 524 g/mol. The van der Waals surface area contributed by atoms with Crippen molar-refractivity contribution in [1.82, 2.24) is 19.9 Å². The number of H-pyrrole nitrogens is 1. The highest BCUT2D eigenvalue weighted by molar-refractivity contribution is 6.03. The zero-order valence-electron chi connectivity index (χ0n) is 23.9. The maximum absolute atomic E-state index is 14.2. The van der Waals surface area contributed by atoms with Crippen LogP contribution in [0.25, 0.3) is 11.0 Å². The van der Waals surface area contributed by atoms with Gasteiger partial charge in [0.25, 0.3) is 0 Å². The monoisotopic (exact) mass is 558 g/mol. The molecule has 1 aliphatic heterocycles. The van der Waals surface area contributed by atoms with E-state index in [4.69, 9.17) is 23.9 Å². The number of para-hydroxylation sites is 2. The Morgan fingerprint density at radius 2 is 1.71 bits per heavy atom. The van der Waals surface area contributed by atoms with Gasteiger partial charge in [0, 0.05) is 18.9 Å². The van der Waals surface area contributed by atoms with Crippen molar-refractivity contribution in [2.24, 2.45) is 0 Å². The first kappa shape index (κ1) is 27.9. The number of imide groups is 1. The van der Waals surface area contributed by atoms with Crippen molar-refractivity contribution >= 4 is 23.0 Å². The third-order valence-electron chi connectivity index (χ3n) is 7.11. The van der Waals surface area contributed by atoms with Gasteiger partial charge in [-0.3, -0.25) is 9.78 Å². The van der Waals surface area contributed by atoms with Crippen molar-refractivity contribution in [1.29, 1.82) is 0 Å². The molecule has 2 aromatic carbocycles. The minimum atomic E-state index is -1.07. The quantitative estimate of drug-likeness (QED) is 0.314. The Labute approximate surface area is 238 Å². The van der Waals surface area contributed by atoms with E-state index < -0.39 is 17.1 Å². The molecule has 2 amide bonds. The van der Waals surface area contributed by atoms with Crippen LogP contribution in [0.4, 0.5) is 4.79 Å². The van der Waals surface area contributed by atoms with Gasteiger partial charge in [-0.15, -0.1) is 0 Å². The Morgan fingerprint density at radius 1 is 1.00 bits per heavy atom. The smallest absolute Gasteiger partial charge is 0.417 e. The molecule has 41 heavy (non-hydrogen) atoms. The lowest BCUT2D eigenvalue weighted by Crippen LogP contribution is -2.44. The summed E-state index contributed by atoms with van der Waals surface area (Å²) in [5, 5.41) is 0. The van der Waals surface area contributed by atoms with Crippen molar-refractivity contribution in [3.63, 3.8) is 0 Å². The molecule has 214 valence electrons. The van der Waals surface area contributed by atoms with Crippen molar-refractivity contribution in [2.75, 3.05) is 20.8 Å². The summed E-state index contributed by atoms with van der Waals surface area (Å²) in [4.78, 5) is 40.9. The molecule has 10 nitrogen and oxygen atoms in total. The number of hydrogen-bond donors (Lipinski definition) is 1. The summed E-state index contributed by atoms with van der Waals surface area (Å²) < 4.78 is 22.6. The van der Waals surface area contributed by atoms with E-state index in [-0.39, 0.29) is 19.1 Å². The largest absolute Gasteiger partial charge is 0.494 e. The van der Waals surface area contributed by atoms with Crippen LogP contribution in [0, 0.1) is 0 Å². The number of aromatic amines is 1. The van der Waals surface area contributed by atoms with Gasteiger partial charge in [0.15, 0.2) is 11.5 Å². The molecule has 1 saturated heterocycles. The fourth-order valence-corrected chi connectivity index (χ4v) is 5.24. The number of methoxy groups -OCH3 is 2. The first-order chi connectivity index (χ1) is 19.6. The molecule has 1 atom stereocenters. The number of nitrogens with zero attached hydrogens (tertiary/aromatic N) is 3. The first-order valence-corrected chi connectivity index (χ1v) is 13.4. The maximum atomic E-state index is 14.2. The lowest BCUT2D eigenvalue weighted by molar-refractivity contribution is -0.131. The predicted octanol–water partition coefficient (Wildman–Crippen LogP) is 5.20.